The van der Waals surface area contributed by atoms with E-state index in [-0.39, 0.29) is 18.1 Å². The quantitative estimate of drug-likeness (QED) is 0.886. The summed E-state index contributed by atoms with van der Waals surface area (Å²) in [5.41, 5.74) is 3.24. The number of piperidine rings is 1. The number of hydrogen-bond acceptors (Lipinski definition) is 3. The summed E-state index contributed by atoms with van der Waals surface area (Å²) in [5.74, 6) is 0.346. The van der Waals surface area contributed by atoms with Crippen LogP contribution in [-0.4, -0.2) is 47.2 Å². The number of benzene rings is 1. The topological polar surface area (TPSA) is 63.6 Å². The molecule has 0 spiro atoms. The maximum absolute atomic E-state index is 12.5. The fourth-order valence-corrected chi connectivity index (χ4v) is 4.16. The average molecular weight is 381 g/mol. The maximum Gasteiger partial charge on any atom is 0.410 e. The third kappa shape index (κ3) is 4.06. The molecule has 1 fully saturated rings. The molecule has 2 aromatic rings. The number of nitrogens with zero attached hydrogens (tertiary/aromatic N) is 2. The van der Waals surface area contributed by atoms with Gasteiger partial charge in [-0.2, -0.15) is 0 Å². The molecule has 28 heavy (non-hydrogen) atoms. The SMILES string of the molecule is Cn1cccc1C(=O)NCC1CCN(C(=O)OC2Cc3ccccc3C2)CC1. The van der Waals surface area contributed by atoms with Crippen molar-refractivity contribution in [1.82, 2.24) is 14.8 Å². The van der Waals surface area contributed by atoms with Crippen LogP contribution < -0.4 is 5.32 Å². The summed E-state index contributed by atoms with van der Waals surface area (Å²) >= 11 is 0. The van der Waals surface area contributed by atoms with Gasteiger partial charge in [-0.25, -0.2) is 4.79 Å². The van der Waals surface area contributed by atoms with Crippen molar-refractivity contribution >= 4 is 12.0 Å². The molecule has 2 heterocycles. The highest BCUT2D eigenvalue weighted by atomic mass is 16.6. The maximum atomic E-state index is 12.5. The molecule has 0 saturated carbocycles. The average Bonchev–Trinajstić information content (AvgIpc) is 3.31. The highest BCUT2D eigenvalue weighted by Crippen LogP contribution is 2.25. The summed E-state index contributed by atoms with van der Waals surface area (Å²) in [6, 6.07) is 12.0. The van der Waals surface area contributed by atoms with Crippen molar-refractivity contribution in [3.63, 3.8) is 0 Å². The molecule has 2 aliphatic rings. The smallest absolute Gasteiger partial charge is 0.410 e. The first-order chi connectivity index (χ1) is 13.6. The summed E-state index contributed by atoms with van der Waals surface area (Å²) in [7, 11) is 1.86. The Morgan fingerprint density at radius 1 is 1.07 bits per heavy atom. The number of carbonyl (C=O) groups excluding carboxylic acids is 2. The van der Waals surface area contributed by atoms with Gasteiger partial charge in [-0.1, -0.05) is 24.3 Å². The van der Waals surface area contributed by atoms with E-state index in [1.54, 1.807) is 4.90 Å². The van der Waals surface area contributed by atoms with E-state index in [0.717, 1.165) is 25.7 Å². The number of rotatable bonds is 4. The minimum atomic E-state index is -0.205. The molecule has 1 aliphatic heterocycles. The van der Waals surface area contributed by atoms with Crippen molar-refractivity contribution < 1.29 is 14.3 Å². The molecule has 0 radical (unpaired) electrons. The Balaban J connectivity index is 1.19. The molecular formula is C22H27N3O3. The van der Waals surface area contributed by atoms with Crippen molar-refractivity contribution in [2.45, 2.75) is 31.8 Å². The van der Waals surface area contributed by atoms with E-state index in [1.165, 1.54) is 11.1 Å². The van der Waals surface area contributed by atoms with E-state index in [2.05, 4.69) is 17.4 Å². The summed E-state index contributed by atoms with van der Waals surface area (Å²) in [6.07, 6.45) is 4.99. The Hall–Kier alpha value is -2.76. The number of aryl methyl sites for hydroxylation is 1. The minimum Gasteiger partial charge on any atom is -0.445 e. The number of nitrogens with one attached hydrogen (secondary N) is 1. The monoisotopic (exact) mass is 381 g/mol. The van der Waals surface area contributed by atoms with Crippen molar-refractivity contribution in [2.75, 3.05) is 19.6 Å². The molecule has 148 valence electrons. The van der Waals surface area contributed by atoms with Crippen LogP contribution in [0.1, 0.15) is 34.5 Å². The van der Waals surface area contributed by atoms with Gasteiger partial charge < -0.3 is 19.5 Å². The third-order valence-electron chi connectivity index (χ3n) is 5.88. The molecule has 1 aliphatic carbocycles. The van der Waals surface area contributed by atoms with Gasteiger partial charge in [0.15, 0.2) is 0 Å². The summed E-state index contributed by atoms with van der Waals surface area (Å²) in [6.45, 7) is 2.01. The van der Waals surface area contributed by atoms with Crippen molar-refractivity contribution in [3.05, 3.63) is 59.4 Å². The van der Waals surface area contributed by atoms with E-state index in [4.69, 9.17) is 4.74 Å². The molecular weight excluding hydrogens is 354 g/mol. The van der Waals surface area contributed by atoms with Gasteiger partial charge in [0, 0.05) is 45.7 Å². The number of aromatic nitrogens is 1. The van der Waals surface area contributed by atoms with Gasteiger partial charge in [-0.15, -0.1) is 0 Å². The molecule has 0 atom stereocenters. The Morgan fingerprint density at radius 3 is 2.36 bits per heavy atom. The summed E-state index contributed by atoms with van der Waals surface area (Å²) < 4.78 is 7.56. The van der Waals surface area contributed by atoms with Gasteiger partial charge in [-0.05, 0) is 42.0 Å². The van der Waals surface area contributed by atoms with Gasteiger partial charge in [-0.3, -0.25) is 4.79 Å². The Labute approximate surface area is 165 Å². The zero-order valence-electron chi connectivity index (χ0n) is 16.3. The first kappa shape index (κ1) is 18.6. The van der Waals surface area contributed by atoms with Crippen LogP contribution in [0.2, 0.25) is 0 Å². The number of fused-ring (bicyclic) bond motifs is 1. The predicted octanol–water partition coefficient (Wildman–Crippen LogP) is 2.77. The van der Waals surface area contributed by atoms with Gasteiger partial charge in [0.1, 0.15) is 11.8 Å². The van der Waals surface area contributed by atoms with Crippen LogP contribution >= 0.6 is 0 Å². The number of ether oxygens (including phenoxy) is 1. The van der Waals surface area contributed by atoms with E-state index >= 15 is 0 Å². The fraction of sp³-hybridized carbons (Fsp3) is 0.455. The molecule has 2 amide bonds. The third-order valence-corrected chi connectivity index (χ3v) is 5.88. The molecule has 1 aromatic carbocycles. The molecule has 1 N–H and O–H groups in total. The Morgan fingerprint density at radius 2 is 1.75 bits per heavy atom. The largest absolute Gasteiger partial charge is 0.445 e. The molecule has 6 heteroatoms. The zero-order chi connectivity index (χ0) is 19.5. The van der Waals surface area contributed by atoms with Crippen LogP contribution in [-0.2, 0) is 24.6 Å². The molecule has 6 nitrogen and oxygen atoms in total. The van der Waals surface area contributed by atoms with Crippen LogP contribution in [0.15, 0.2) is 42.6 Å². The Bertz CT molecular complexity index is 827. The predicted molar refractivity (Wildman–Crippen MR) is 106 cm³/mol. The standard InChI is InChI=1S/C22H27N3O3/c1-24-10-4-7-20(24)21(26)23-15-16-8-11-25(12-9-16)22(27)28-19-13-17-5-2-3-6-18(17)14-19/h2-7,10,16,19H,8-9,11-15H2,1H3,(H,23,26). The van der Waals surface area contributed by atoms with Crippen molar-refractivity contribution in [2.24, 2.45) is 13.0 Å². The number of carbonyl (C=O) groups is 2. The van der Waals surface area contributed by atoms with Gasteiger partial charge in [0.25, 0.3) is 5.91 Å². The lowest BCUT2D eigenvalue weighted by Gasteiger charge is -2.32. The van der Waals surface area contributed by atoms with Crippen LogP contribution in [0.5, 0.6) is 0 Å². The molecule has 1 aromatic heterocycles. The van der Waals surface area contributed by atoms with Gasteiger partial charge in [0.2, 0.25) is 0 Å². The second-order valence-electron chi connectivity index (χ2n) is 7.83. The molecule has 0 bridgehead atoms. The second kappa shape index (κ2) is 8.09. The zero-order valence-corrected chi connectivity index (χ0v) is 16.3. The van der Waals surface area contributed by atoms with Crippen molar-refractivity contribution in [1.29, 1.82) is 0 Å². The van der Waals surface area contributed by atoms with Crippen LogP contribution in [0, 0.1) is 5.92 Å². The van der Waals surface area contributed by atoms with Crippen LogP contribution in [0.25, 0.3) is 0 Å². The fourth-order valence-electron chi connectivity index (χ4n) is 4.16. The van der Waals surface area contributed by atoms with Crippen LogP contribution in [0.4, 0.5) is 4.79 Å². The van der Waals surface area contributed by atoms with E-state index in [9.17, 15) is 9.59 Å². The van der Waals surface area contributed by atoms with E-state index in [0.29, 0.717) is 31.2 Å². The lowest BCUT2D eigenvalue weighted by atomic mass is 9.97. The highest BCUT2D eigenvalue weighted by molar-refractivity contribution is 5.92. The van der Waals surface area contributed by atoms with Gasteiger partial charge >= 0.3 is 6.09 Å². The van der Waals surface area contributed by atoms with Crippen LogP contribution in [0.3, 0.4) is 0 Å². The first-order valence-electron chi connectivity index (χ1n) is 10.0. The first-order valence-corrected chi connectivity index (χ1v) is 10.0. The molecule has 0 unspecified atom stereocenters. The van der Waals surface area contributed by atoms with Gasteiger partial charge in [0.05, 0.1) is 0 Å². The molecule has 1 saturated heterocycles. The molecule has 4 rings (SSSR count). The number of likely N-dealkylation sites (tertiary alicyclic amines) is 1. The highest BCUT2D eigenvalue weighted by Gasteiger charge is 2.29. The Kier molecular flexibility index (Phi) is 5.37. The normalized spacial score (nSPS) is 17.4. The summed E-state index contributed by atoms with van der Waals surface area (Å²) in [5, 5.41) is 3.01. The lowest BCUT2D eigenvalue weighted by Crippen LogP contribution is -2.43. The van der Waals surface area contributed by atoms with E-state index in [1.807, 2.05) is 42.1 Å². The summed E-state index contributed by atoms with van der Waals surface area (Å²) in [4.78, 5) is 26.5. The number of hydrogen-bond donors (Lipinski definition) is 1. The van der Waals surface area contributed by atoms with Crippen molar-refractivity contribution in [3.8, 4) is 0 Å². The lowest BCUT2D eigenvalue weighted by molar-refractivity contribution is 0.0560. The van der Waals surface area contributed by atoms with E-state index < -0.39 is 0 Å². The second-order valence-corrected chi connectivity index (χ2v) is 7.83. The number of amides is 2. The minimum absolute atomic E-state index is 0.0462.